The Morgan fingerprint density at radius 3 is 2.26 bits per heavy atom. The Balaban J connectivity index is 1.95. The molecule has 2 aromatic carbocycles. The van der Waals surface area contributed by atoms with Gasteiger partial charge in [-0.2, -0.15) is 0 Å². The Labute approximate surface area is 225 Å². The second-order valence-corrected chi connectivity index (χ2v) is 10.4. The van der Waals surface area contributed by atoms with Crippen molar-refractivity contribution in [3.05, 3.63) is 92.9 Å². The average Bonchev–Trinajstić information content (AvgIpc) is 2.83. The van der Waals surface area contributed by atoms with Gasteiger partial charge in [0.15, 0.2) is 0 Å². The van der Waals surface area contributed by atoms with Crippen LogP contribution < -0.4 is 21.5 Å². The van der Waals surface area contributed by atoms with Gasteiger partial charge in [-0.25, -0.2) is 4.79 Å². The number of aromatic nitrogens is 1. The van der Waals surface area contributed by atoms with Crippen LogP contribution in [0.4, 0.5) is 16.2 Å². The summed E-state index contributed by atoms with van der Waals surface area (Å²) in [7, 11) is 0. The maximum Gasteiger partial charge on any atom is 0.319 e. The van der Waals surface area contributed by atoms with Crippen molar-refractivity contribution < 1.29 is 19.5 Å². The lowest BCUT2D eigenvalue weighted by molar-refractivity contribution is -0.137. The normalized spacial score (nSPS) is 11.9. The van der Waals surface area contributed by atoms with Gasteiger partial charge >= 0.3 is 12.0 Å². The lowest BCUT2D eigenvalue weighted by atomic mass is 9.95. The molecule has 200 valence electrons. The molecule has 3 amide bonds. The average molecular weight is 539 g/mol. The molecule has 0 unspecified atom stereocenters. The van der Waals surface area contributed by atoms with Crippen LogP contribution in [0.15, 0.2) is 65.6 Å². The van der Waals surface area contributed by atoms with E-state index in [9.17, 15) is 24.3 Å². The highest BCUT2D eigenvalue weighted by Crippen LogP contribution is 2.24. The number of hydrogen-bond acceptors (Lipinski definition) is 4. The lowest BCUT2D eigenvalue weighted by Gasteiger charge is -2.21. The van der Waals surface area contributed by atoms with Gasteiger partial charge in [0, 0.05) is 16.6 Å². The summed E-state index contributed by atoms with van der Waals surface area (Å²) >= 11 is 6.27. The Morgan fingerprint density at radius 2 is 1.66 bits per heavy atom. The minimum absolute atomic E-state index is 0.116. The van der Waals surface area contributed by atoms with Gasteiger partial charge in [-0.05, 0) is 30.2 Å². The SMILES string of the molecule is Cc1ccc([C@H](CC(=O)O)NC(=O)Nc2c(NC(=O)C(C)(C)C)ccn(Cc3ccccc3Cl)c2=O)cc1. The third-order valence-electron chi connectivity index (χ3n) is 5.80. The van der Waals surface area contributed by atoms with E-state index in [0.717, 1.165) is 5.56 Å². The molecule has 0 radical (unpaired) electrons. The second-order valence-electron chi connectivity index (χ2n) is 9.99. The fraction of sp³-hybridized carbons (Fsp3) is 0.286. The number of urea groups is 1. The van der Waals surface area contributed by atoms with Crippen molar-refractivity contribution in [2.75, 3.05) is 10.6 Å². The molecule has 3 rings (SSSR count). The fourth-order valence-electron chi connectivity index (χ4n) is 3.58. The van der Waals surface area contributed by atoms with Crippen LogP contribution in [0, 0.1) is 12.3 Å². The first-order chi connectivity index (χ1) is 17.8. The van der Waals surface area contributed by atoms with Gasteiger partial charge < -0.3 is 25.6 Å². The van der Waals surface area contributed by atoms with Crippen LogP contribution >= 0.6 is 11.6 Å². The zero-order valence-electron chi connectivity index (χ0n) is 21.7. The zero-order chi connectivity index (χ0) is 28.0. The number of carboxylic acids is 1. The molecule has 10 heteroatoms. The van der Waals surface area contributed by atoms with E-state index in [2.05, 4.69) is 16.0 Å². The van der Waals surface area contributed by atoms with E-state index in [1.165, 1.54) is 16.8 Å². The molecule has 1 heterocycles. The molecule has 0 saturated carbocycles. The minimum atomic E-state index is -1.10. The first-order valence-electron chi connectivity index (χ1n) is 12.0. The van der Waals surface area contributed by atoms with Crippen LogP contribution in [0.2, 0.25) is 5.02 Å². The Hall–Kier alpha value is -4.11. The molecule has 1 atom stereocenters. The summed E-state index contributed by atoms with van der Waals surface area (Å²) in [5.41, 5.74) is 0.895. The fourth-order valence-corrected chi connectivity index (χ4v) is 3.77. The summed E-state index contributed by atoms with van der Waals surface area (Å²) in [6.07, 6.45) is 1.14. The summed E-state index contributed by atoms with van der Waals surface area (Å²) < 4.78 is 1.36. The number of nitrogens with one attached hydrogen (secondary N) is 3. The third kappa shape index (κ3) is 7.45. The molecule has 9 nitrogen and oxygen atoms in total. The molecule has 0 aliphatic rings. The number of carbonyl (C=O) groups is 3. The number of amides is 3. The van der Waals surface area contributed by atoms with E-state index in [-0.39, 0.29) is 30.2 Å². The van der Waals surface area contributed by atoms with Crippen molar-refractivity contribution in [2.24, 2.45) is 5.41 Å². The number of aliphatic carboxylic acids is 1. The van der Waals surface area contributed by atoms with Crippen molar-refractivity contribution in [3.63, 3.8) is 0 Å². The van der Waals surface area contributed by atoms with E-state index < -0.39 is 29.0 Å². The molecule has 0 aliphatic carbocycles. The molecule has 0 aliphatic heterocycles. The molecule has 0 fully saturated rings. The summed E-state index contributed by atoms with van der Waals surface area (Å²) in [5.74, 6) is -1.46. The van der Waals surface area contributed by atoms with E-state index >= 15 is 0 Å². The predicted octanol–water partition coefficient (Wildman–Crippen LogP) is 5.18. The number of benzene rings is 2. The summed E-state index contributed by atoms with van der Waals surface area (Å²) in [5, 5.41) is 17.7. The summed E-state index contributed by atoms with van der Waals surface area (Å²) in [6, 6.07) is 14.0. The van der Waals surface area contributed by atoms with Crippen LogP contribution in [0.5, 0.6) is 0 Å². The Kier molecular flexibility index (Phi) is 8.96. The molecule has 4 N–H and O–H groups in total. The van der Waals surface area contributed by atoms with Crippen LogP contribution in [0.3, 0.4) is 0 Å². The van der Waals surface area contributed by atoms with Crippen molar-refractivity contribution in [1.82, 2.24) is 9.88 Å². The van der Waals surface area contributed by atoms with Gasteiger partial charge in [0.2, 0.25) is 5.91 Å². The smallest absolute Gasteiger partial charge is 0.319 e. The lowest BCUT2D eigenvalue weighted by Crippen LogP contribution is -2.37. The summed E-state index contributed by atoms with van der Waals surface area (Å²) in [6.45, 7) is 7.19. The number of rotatable bonds is 8. The number of carbonyl (C=O) groups excluding carboxylic acids is 2. The molecular weight excluding hydrogens is 508 g/mol. The maximum atomic E-state index is 13.5. The van der Waals surface area contributed by atoms with E-state index in [4.69, 9.17) is 11.6 Å². The minimum Gasteiger partial charge on any atom is -0.481 e. The second kappa shape index (κ2) is 12.0. The number of nitrogens with zero attached hydrogens (tertiary/aromatic N) is 1. The Morgan fingerprint density at radius 1 is 1.00 bits per heavy atom. The maximum absolute atomic E-state index is 13.5. The molecule has 0 bridgehead atoms. The van der Waals surface area contributed by atoms with Crippen molar-refractivity contribution in [2.45, 2.75) is 46.7 Å². The summed E-state index contributed by atoms with van der Waals surface area (Å²) in [4.78, 5) is 50.7. The van der Waals surface area contributed by atoms with Gasteiger partial charge in [-0.3, -0.25) is 14.4 Å². The first-order valence-corrected chi connectivity index (χ1v) is 12.4. The highest BCUT2D eigenvalue weighted by molar-refractivity contribution is 6.31. The van der Waals surface area contributed by atoms with E-state index in [0.29, 0.717) is 16.1 Å². The van der Waals surface area contributed by atoms with Crippen LogP contribution in [0.1, 0.15) is 49.9 Å². The highest BCUT2D eigenvalue weighted by Gasteiger charge is 2.25. The molecule has 3 aromatic rings. The molecule has 0 saturated heterocycles. The number of anilines is 2. The third-order valence-corrected chi connectivity index (χ3v) is 6.16. The highest BCUT2D eigenvalue weighted by atomic mass is 35.5. The standard InChI is InChI=1S/C28H31ClN4O5/c1-17-9-11-18(12-10-17)22(15-23(34)35)31-27(38)32-24-21(30-26(37)28(2,3)4)13-14-33(25(24)36)16-19-7-5-6-8-20(19)29/h5-14,22H,15-16H2,1-4H3,(H,30,37)(H,34,35)(H2,31,32,38)/t22-/m0/s1. The molecule has 38 heavy (non-hydrogen) atoms. The number of halogens is 1. The molecular formula is C28H31ClN4O5. The molecule has 1 aromatic heterocycles. The number of hydrogen-bond donors (Lipinski definition) is 4. The van der Waals surface area contributed by atoms with Gasteiger partial charge in [0.05, 0.1) is 24.7 Å². The van der Waals surface area contributed by atoms with Gasteiger partial charge in [-0.1, -0.05) is 80.4 Å². The number of carboxylic acid groups (broad SMARTS) is 1. The van der Waals surface area contributed by atoms with Crippen LogP contribution in [-0.4, -0.2) is 27.6 Å². The van der Waals surface area contributed by atoms with Crippen LogP contribution in [0.25, 0.3) is 0 Å². The Bertz CT molecular complexity index is 1390. The quantitative estimate of drug-likeness (QED) is 0.314. The van der Waals surface area contributed by atoms with Gasteiger partial charge in [0.1, 0.15) is 5.69 Å². The van der Waals surface area contributed by atoms with Crippen molar-refractivity contribution in [1.29, 1.82) is 0 Å². The molecule has 0 spiro atoms. The van der Waals surface area contributed by atoms with Gasteiger partial charge in [0.25, 0.3) is 5.56 Å². The first kappa shape index (κ1) is 28.5. The topological polar surface area (TPSA) is 130 Å². The van der Waals surface area contributed by atoms with Crippen molar-refractivity contribution >= 4 is 40.9 Å². The van der Waals surface area contributed by atoms with Gasteiger partial charge in [-0.15, -0.1) is 0 Å². The van der Waals surface area contributed by atoms with Crippen molar-refractivity contribution in [3.8, 4) is 0 Å². The number of pyridine rings is 1. The largest absolute Gasteiger partial charge is 0.481 e. The number of aryl methyl sites for hydroxylation is 1. The van der Waals surface area contributed by atoms with Crippen LogP contribution in [-0.2, 0) is 16.1 Å². The predicted molar refractivity (Wildman–Crippen MR) is 148 cm³/mol. The zero-order valence-corrected chi connectivity index (χ0v) is 22.4. The van der Waals surface area contributed by atoms with E-state index in [1.807, 2.05) is 19.1 Å². The monoisotopic (exact) mass is 538 g/mol. The van der Waals surface area contributed by atoms with E-state index in [1.54, 1.807) is 57.2 Å².